The van der Waals surface area contributed by atoms with Crippen LogP contribution in [0, 0.1) is 0 Å². The standard InChI is InChI=1S/C18H21N3O/c22-18(12-6-9-14-7-2-1-3-8-14)19-17-13-16(20-21-17)15-10-4-5-11-15/h1-3,6-9,13,15H,4-5,10-12H2,(H2,19,20,21,22)/b9-6+. The second-order valence-electron chi connectivity index (χ2n) is 5.76. The van der Waals surface area contributed by atoms with Crippen molar-refractivity contribution in [3.8, 4) is 0 Å². The van der Waals surface area contributed by atoms with E-state index < -0.39 is 0 Å². The average molecular weight is 295 g/mol. The summed E-state index contributed by atoms with van der Waals surface area (Å²) in [4.78, 5) is 11.9. The van der Waals surface area contributed by atoms with Crippen LogP contribution in [0.4, 0.5) is 5.82 Å². The first-order valence-corrected chi connectivity index (χ1v) is 7.88. The van der Waals surface area contributed by atoms with Gasteiger partial charge in [-0.3, -0.25) is 9.89 Å². The Kier molecular flexibility index (Phi) is 4.68. The van der Waals surface area contributed by atoms with Crippen LogP contribution in [0.3, 0.4) is 0 Å². The molecule has 1 aromatic carbocycles. The molecule has 114 valence electrons. The van der Waals surface area contributed by atoms with Gasteiger partial charge >= 0.3 is 0 Å². The van der Waals surface area contributed by atoms with Crippen molar-refractivity contribution in [2.75, 3.05) is 5.32 Å². The molecule has 1 aliphatic carbocycles. The number of anilines is 1. The highest BCUT2D eigenvalue weighted by Crippen LogP contribution is 2.33. The fourth-order valence-electron chi connectivity index (χ4n) is 2.91. The maximum absolute atomic E-state index is 11.9. The van der Waals surface area contributed by atoms with E-state index in [1.807, 2.05) is 48.6 Å². The normalized spacial score (nSPS) is 15.5. The zero-order valence-corrected chi connectivity index (χ0v) is 12.6. The smallest absolute Gasteiger partial charge is 0.229 e. The molecule has 1 aliphatic rings. The van der Waals surface area contributed by atoms with Crippen molar-refractivity contribution >= 4 is 17.8 Å². The molecule has 0 radical (unpaired) electrons. The highest BCUT2D eigenvalue weighted by molar-refractivity contribution is 5.91. The van der Waals surface area contributed by atoms with Gasteiger partial charge in [0.25, 0.3) is 0 Å². The lowest BCUT2D eigenvalue weighted by molar-refractivity contribution is -0.115. The molecule has 1 fully saturated rings. The molecule has 0 saturated heterocycles. The molecule has 0 bridgehead atoms. The predicted octanol–water partition coefficient (Wildman–Crippen LogP) is 4.11. The molecule has 1 heterocycles. The molecule has 1 aromatic heterocycles. The Labute approximate surface area is 130 Å². The number of aromatic amines is 1. The lowest BCUT2D eigenvalue weighted by atomic mass is 10.0. The maximum Gasteiger partial charge on any atom is 0.229 e. The summed E-state index contributed by atoms with van der Waals surface area (Å²) in [6.45, 7) is 0. The van der Waals surface area contributed by atoms with E-state index in [0.717, 1.165) is 11.3 Å². The van der Waals surface area contributed by atoms with Crippen LogP contribution in [0.15, 0.2) is 42.5 Å². The first-order valence-electron chi connectivity index (χ1n) is 7.88. The van der Waals surface area contributed by atoms with Crippen molar-refractivity contribution in [1.82, 2.24) is 10.2 Å². The zero-order chi connectivity index (χ0) is 15.2. The van der Waals surface area contributed by atoms with Crippen molar-refractivity contribution in [2.45, 2.75) is 38.0 Å². The lowest BCUT2D eigenvalue weighted by Gasteiger charge is -2.03. The number of rotatable bonds is 5. The minimum atomic E-state index is -0.0448. The van der Waals surface area contributed by atoms with E-state index in [9.17, 15) is 4.79 Å². The number of nitrogens with zero attached hydrogens (tertiary/aromatic N) is 1. The molecule has 2 N–H and O–H groups in total. The van der Waals surface area contributed by atoms with Crippen molar-refractivity contribution < 1.29 is 4.79 Å². The minimum absolute atomic E-state index is 0.0448. The summed E-state index contributed by atoms with van der Waals surface area (Å²) in [6, 6.07) is 11.9. The Bertz CT molecular complexity index is 639. The number of amides is 1. The highest BCUT2D eigenvalue weighted by Gasteiger charge is 2.19. The summed E-state index contributed by atoms with van der Waals surface area (Å²) in [5.74, 6) is 1.16. The SMILES string of the molecule is O=C(C/C=C/c1ccccc1)Nc1cc(C2CCCC2)[nH]n1. The second-order valence-corrected chi connectivity index (χ2v) is 5.76. The number of hydrogen-bond donors (Lipinski definition) is 2. The fraction of sp³-hybridized carbons (Fsp3) is 0.333. The van der Waals surface area contributed by atoms with Gasteiger partial charge in [0, 0.05) is 24.1 Å². The highest BCUT2D eigenvalue weighted by atomic mass is 16.1. The van der Waals surface area contributed by atoms with Gasteiger partial charge in [-0.1, -0.05) is 55.3 Å². The molecule has 1 amide bonds. The molecule has 3 rings (SSSR count). The lowest BCUT2D eigenvalue weighted by Crippen LogP contribution is -2.10. The van der Waals surface area contributed by atoms with Gasteiger partial charge in [-0.05, 0) is 18.4 Å². The molecule has 1 saturated carbocycles. The van der Waals surface area contributed by atoms with E-state index in [0.29, 0.717) is 18.2 Å². The van der Waals surface area contributed by atoms with Crippen LogP contribution in [-0.2, 0) is 4.79 Å². The Hall–Kier alpha value is -2.36. The summed E-state index contributed by atoms with van der Waals surface area (Å²) >= 11 is 0. The molecule has 4 heteroatoms. The van der Waals surface area contributed by atoms with Gasteiger partial charge in [-0.15, -0.1) is 0 Å². The van der Waals surface area contributed by atoms with Crippen LogP contribution in [-0.4, -0.2) is 16.1 Å². The van der Waals surface area contributed by atoms with E-state index in [4.69, 9.17) is 0 Å². The summed E-state index contributed by atoms with van der Waals surface area (Å²) in [5.41, 5.74) is 2.24. The van der Waals surface area contributed by atoms with Crippen molar-refractivity contribution in [3.63, 3.8) is 0 Å². The van der Waals surface area contributed by atoms with Crippen LogP contribution in [0.2, 0.25) is 0 Å². The summed E-state index contributed by atoms with van der Waals surface area (Å²) < 4.78 is 0. The summed E-state index contributed by atoms with van der Waals surface area (Å²) in [6.07, 6.45) is 9.18. The Morgan fingerprint density at radius 3 is 2.82 bits per heavy atom. The number of aromatic nitrogens is 2. The Balaban J connectivity index is 1.50. The van der Waals surface area contributed by atoms with Crippen molar-refractivity contribution in [2.24, 2.45) is 0 Å². The van der Waals surface area contributed by atoms with Crippen LogP contribution >= 0.6 is 0 Å². The predicted molar refractivity (Wildman–Crippen MR) is 88.5 cm³/mol. The molecule has 22 heavy (non-hydrogen) atoms. The molecule has 0 atom stereocenters. The average Bonchev–Trinajstić information content (AvgIpc) is 3.19. The number of carbonyl (C=O) groups excluding carboxylic acids is 1. The third-order valence-corrected chi connectivity index (χ3v) is 4.07. The third-order valence-electron chi connectivity index (χ3n) is 4.07. The van der Waals surface area contributed by atoms with E-state index >= 15 is 0 Å². The first-order chi connectivity index (χ1) is 10.8. The van der Waals surface area contributed by atoms with E-state index in [-0.39, 0.29) is 5.91 Å². The molecule has 0 unspecified atom stereocenters. The van der Waals surface area contributed by atoms with Crippen LogP contribution in [0.5, 0.6) is 0 Å². The number of H-pyrrole nitrogens is 1. The van der Waals surface area contributed by atoms with Gasteiger partial charge in [0.05, 0.1) is 0 Å². The molecule has 0 aliphatic heterocycles. The van der Waals surface area contributed by atoms with Gasteiger partial charge < -0.3 is 5.32 Å². The molecular weight excluding hydrogens is 274 g/mol. The zero-order valence-electron chi connectivity index (χ0n) is 12.6. The fourth-order valence-corrected chi connectivity index (χ4v) is 2.91. The van der Waals surface area contributed by atoms with Crippen LogP contribution in [0.1, 0.15) is 49.3 Å². The van der Waals surface area contributed by atoms with Gasteiger partial charge in [-0.2, -0.15) is 5.10 Å². The molecule has 4 nitrogen and oxygen atoms in total. The van der Waals surface area contributed by atoms with Gasteiger partial charge in [-0.25, -0.2) is 0 Å². The minimum Gasteiger partial charge on any atom is -0.309 e. The van der Waals surface area contributed by atoms with E-state index in [2.05, 4.69) is 15.5 Å². The van der Waals surface area contributed by atoms with E-state index in [1.54, 1.807) is 0 Å². The Morgan fingerprint density at radius 1 is 1.27 bits per heavy atom. The maximum atomic E-state index is 11.9. The number of benzene rings is 1. The van der Waals surface area contributed by atoms with Crippen LogP contribution < -0.4 is 5.32 Å². The van der Waals surface area contributed by atoms with E-state index in [1.165, 1.54) is 25.7 Å². The molecule has 2 aromatic rings. The number of carbonyl (C=O) groups is 1. The summed E-state index contributed by atoms with van der Waals surface area (Å²) in [5, 5.41) is 10.1. The Morgan fingerprint density at radius 2 is 2.05 bits per heavy atom. The number of hydrogen-bond acceptors (Lipinski definition) is 2. The third kappa shape index (κ3) is 3.85. The second kappa shape index (κ2) is 7.07. The number of nitrogens with one attached hydrogen (secondary N) is 2. The quantitative estimate of drug-likeness (QED) is 0.872. The topological polar surface area (TPSA) is 57.8 Å². The summed E-state index contributed by atoms with van der Waals surface area (Å²) in [7, 11) is 0. The van der Waals surface area contributed by atoms with Crippen molar-refractivity contribution in [3.05, 3.63) is 53.7 Å². The molecular formula is C18H21N3O. The van der Waals surface area contributed by atoms with Gasteiger partial charge in [0.15, 0.2) is 5.82 Å². The van der Waals surface area contributed by atoms with Gasteiger partial charge in [0.1, 0.15) is 0 Å². The van der Waals surface area contributed by atoms with Crippen molar-refractivity contribution in [1.29, 1.82) is 0 Å². The van der Waals surface area contributed by atoms with Crippen LogP contribution in [0.25, 0.3) is 6.08 Å². The largest absolute Gasteiger partial charge is 0.309 e. The van der Waals surface area contributed by atoms with Gasteiger partial charge in [0.2, 0.25) is 5.91 Å². The molecule has 0 spiro atoms. The monoisotopic (exact) mass is 295 g/mol. The first kappa shape index (κ1) is 14.6.